The predicted octanol–water partition coefficient (Wildman–Crippen LogP) is 5.56. The number of aromatic nitrogens is 6. The predicted molar refractivity (Wildman–Crippen MR) is 158 cm³/mol. The van der Waals surface area contributed by atoms with E-state index in [-0.39, 0.29) is 5.56 Å². The third kappa shape index (κ3) is 5.17. The van der Waals surface area contributed by atoms with E-state index >= 15 is 0 Å². The second kappa shape index (κ2) is 11.5. The number of carbonyl (C=O) groups is 1. The van der Waals surface area contributed by atoms with E-state index in [1.165, 1.54) is 0 Å². The lowest BCUT2D eigenvalue weighted by Crippen LogP contribution is -2.08. The molecule has 0 spiro atoms. The van der Waals surface area contributed by atoms with Crippen LogP contribution in [0.1, 0.15) is 28.4 Å². The first-order valence-corrected chi connectivity index (χ1v) is 13.5. The first-order valence-electron chi connectivity index (χ1n) is 13.5. The number of ether oxygens (including phenoxy) is 2. The Morgan fingerprint density at radius 2 is 1.57 bits per heavy atom. The normalized spacial score (nSPS) is 11.1. The minimum absolute atomic E-state index is 0.184. The minimum atomic E-state index is -1.01. The fourth-order valence-corrected chi connectivity index (χ4v) is 5.03. The van der Waals surface area contributed by atoms with E-state index in [0.717, 1.165) is 33.6 Å². The van der Waals surface area contributed by atoms with Gasteiger partial charge >= 0.3 is 5.97 Å². The van der Waals surface area contributed by atoms with Gasteiger partial charge in [0, 0.05) is 5.56 Å². The van der Waals surface area contributed by atoms with Crippen LogP contribution in [-0.2, 0) is 13.1 Å². The number of tetrazole rings is 1. The van der Waals surface area contributed by atoms with Crippen LogP contribution in [-0.4, -0.2) is 54.6 Å². The van der Waals surface area contributed by atoms with E-state index < -0.39 is 5.97 Å². The number of imidazole rings is 1. The summed E-state index contributed by atoms with van der Waals surface area (Å²) < 4.78 is 14.6. The van der Waals surface area contributed by atoms with Crippen LogP contribution in [0.15, 0.2) is 91.0 Å². The molecule has 210 valence electrons. The molecule has 42 heavy (non-hydrogen) atoms. The van der Waals surface area contributed by atoms with E-state index in [4.69, 9.17) is 9.47 Å². The lowest BCUT2D eigenvalue weighted by Gasteiger charge is -2.13. The Kier molecular flexibility index (Phi) is 7.33. The third-order valence-corrected chi connectivity index (χ3v) is 7.03. The van der Waals surface area contributed by atoms with Crippen molar-refractivity contribution in [3.63, 3.8) is 0 Å². The van der Waals surface area contributed by atoms with Gasteiger partial charge in [-0.15, -0.1) is 5.10 Å². The van der Waals surface area contributed by atoms with Crippen LogP contribution in [0.3, 0.4) is 0 Å². The zero-order valence-corrected chi connectivity index (χ0v) is 23.1. The Morgan fingerprint density at radius 3 is 2.29 bits per heavy atom. The largest absolute Gasteiger partial charge is 0.497 e. The van der Waals surface area contributed by atoms with E-state index in [1.807, 2.05) is 84.3 Å². The topological polar surface area (TPSA) is 117 Å². The number of carboxylic acids is 1. The molecule has 10 heteroatoms. The lowest BCUT2D eigenvalue weighted by atomic mass is 9.98. The Balaban J connectivity index is 1.31. The molecule has 6 rings (SSSR count). The van der Waals surface area contributed by atoms with Crippen LogP contribution in [0.25, 0.3) is 33.5 Å². The maximum absolute atomic E-state index is 12.0. The maximum atomic E-state index is 12.0. The number of hydrogen-bond acceptors (Lipinski definition) is 7. The SMILES string of the molecule is CCOc1nc2cccc(C(=O)O)c2n1Cc1ccc(-c2ccccc2-c2nnnn2Cc2ccc(OC)cc2)cc1. The number of para-hydroxylation sites is 1. The molecule has 0 bridgehead atoms. The minimum Gasteiger partial charge on any atom is -0.497 e. The third-order valence-electron chi connectivity index (χ3n) is 7.03. The average molecular weight is 561 g/mol. The maximum Gasteiger partial charge on any atom is 0.337 e. The number of aromatic carboxylic acids is 1. The van der Waals surface area contributed by atoms with Crippen molar-refractivity contribution in [3.8, 4) is 34.3 Å². The zero-order chi connectivity index (χ0) is 29.1. The van der Waals surface area contributed by atoms with Crippen molar-refractivity contribution in [1.29, 1.82) is 0 Å². The quantitative estimate of drug-likeness (QED) is 0.232. The van der Waals surface area contributed by atoms with Gasteiger partial charge in [0.05, 0.1) is 43.4 Å². The molecular formula is C32H28N6O4. The van der Waals surface area contributed by atoms with Gasteiger partial charge in [-0.05, 0) is 63.9 Å². The lowest BCUT2D eigenvalue weighted by molar-refractivity contribution is 0.0698. The van der Waals surface area contributed by atoms with Gasteiger partial charge in [-0.2, -0.15) is 4.98 Å². The molecule has 4 aromatic carbocycles. The highest BCUT2D eigenvalue weighted by Gasteiger charge is 2.19. The standard InChI is InChI=1S/C32H28N6O4/c1-3-42-32-33-28-10-6-9-27(31(39)40)29(28)37(32)19-21-11-15-23(16-12-21)25-7-4-5-8-26(25)30-34-35-36-38(30)20-22-13-17-24(41-2)18-14-22/h4-18H,3,19-20H2,1-2H3,(H,39,40). The summed E-state index contributed by atoms with van der Waals surface area (Å²) in [5.74, 6) is 0.450. The van der Waals surface area contributed by atoms with Crippen LogP contribution < -0.4 is 9.47 Å². The monoisotopic (exact) mass is 560 g/mol. The van der Waals surface area contributed by atoms with Gasteiger partial charge in [0.15, 0.2) is 5.82 Å². The molecular weight excluding hydrogens is 532 g/mol. The molecule has 6 aromatic rings. The first kappa shape index (κ1) is 26.7. The van der Waals surface area contributed by atoms with Gasteiger partial charge in [0.25, 0.3) is 6.01 Å². The Bertz CT molecular complexity index is 1860. The highest BCUT2D eigenvalue weighted by molar-refractivity contribution is 6.01. The smallest absolute Gasteiger partial charge is 0.337 e. The number of nitrogens with zero attached hydrogens (tertiary/aromatic N) is 6. The van der Waals surface area contributed by atoms with Gasteiger partial charge < -0.3 is 14.6 Å². The summed E-state index contributed by atoms with van der Waals surface area (Å²) in [4.78, 5) is 16.5. The van der Waals surface area contributed by atoms with Crippen LogP contribution in [0.4, 0.5) is 0 Å². The summed E-state index contributed by atoms with van der Waals surface area (Å²) in [6, 6.07) is 29.4. The summed E-state index contributed by atoms with van der Waals surface area (Å²) >= 11 is 0. The summed E-state index contributed by atoms with van der Waals surface area (Å²) in [6.45, 7) is 3.21. The number of rotatable bonds is 10. The second-order valence-electron chi connectivity index (χ2n) is 9.64. The molecule has 0 saturated carbocycles. The number of hydrogen-bond donors (Lipinski definition) is 1. The molecule has 0 aliphatic heterocycles. The van der Waals surface area contributed by atoms with Crippen molar-refractivity contribution in [3.05, 3.63) is 108 Å². The molecule has 10 nitrogen and oxygen atoms in total. The first-order chi connectivity index (χ1) is 20.6. The average Bonchev–Trinajstić information content (AvgIpc) is 3.62. The van der Waals surface area contributed by atoms with Crippen molar-refractivity contribution < 1.29 is 19.4 Å². The van der Waals surface area contributed by atoms with Crippen molar-refractivity contribution in [2.75, 3.05) is 13.7 Å². The molecule has 0 radical (unpaired) electrons. The summed E-state index contributed by atoms with van der Waals surface area (Å²) in [5, 5.41) is 22.4. The van der Waals surface area contributed by atoms with Crippen molar-refractivity contribution in [2.45, 2.75) is 20.0 Å². The molecule has 0 fully saturated rings. The molecule has 0 aliphatic carbocycles. The Hall–Kier alpha value is -5.51. The van der Waals surface area contributed by atoms with E-state index in [1.54, 1.807) is 30.0 Å². The number of fused-ring (bicyclic) bond motifs is 1. The molecule has 0 unspecified atom stereocenters. The van der Waals surface area contributed by atoms with Crippen molar-refractivity contribution in [2.24, 2.45) is 0 Å². The Morgan fingerprint density at radius 1 is 0.857 bits per heavy atom. The molecule has 0 atom stereocenters. The van der Waals surface area contributed by atoms with E-state index in [2.05, 4.69) is 20.5 Å². The number of methoxy groups -OCH3 is 1. The van der Waals surface area contributed by atoms with Crippen molar-refractivity contribution in [1.82, 2.24) is 29.8 Å². The van der Waals surface area contributed by atoms with E-state index in [9.17, 15) is 9.90 Å². The van der Waals surface area contributed by atoms with Crippen LogP contribution in [0, 0.1) is 0 Å². The van der Waals surface area contributed by atoms with Gasteiger partial charge in [-0.1, -0.05) is 66.7 Å². The van der Waals surface area contributed by atoms with Crippen LogP contribution >= 0.6 is 0 Å². The molecule has 1 N–H and O–H groups in total. The van der Waals surface area contributed by atoms with Gasteiger partial charge in [0.2, 0.25) is 0 Å². The Labute approximate surface area is 241 Å². The molecule has 0 aliphatic rings. The highest BCUT2D eigenvalue weighted by atomic mass is 16.5. The van der Waals surface area contributed by atoms with E-state index in [0.29, 0.717) is 42.6 Å². The van der Waals surface area contributed by atoms with Crippen molar-refractivity contribution >= 4 is 17.0 Å². The van der Waals surface area contributed by atoms with Crippen LogP contribution in [0.2, 0.25) is 0 Å². The van der Waals surface area contributed by atoms with Crippen LogP contribution in [0.5, 0.6) is 11.8 Å². The molecule has 0 saturated heterocycles. The summed E-state index contributed by atoms with van der Waals surface area (Å²) in [5.41, 5.74) is 6.23. The number of carboxylic acid groups (broad SMARTS) is 1. The number of benzene rings is 4. The fraction of sp³-hybridized carbons (Fsp3) is 0.156. The summed E-state index contributed by atoms with van der Waals surface area (Å²) in [7, 11) is 1.64. The summed E-state index contributed by atoms with van der Waals surface area (Å²) in [6.07, 6.45) is 0. The molecule has 2 aromatic heterocycles. The van der Waals surface area contributed by atoms with Gasteiger partial charge in [0.1, 0.15) is 5.75 Å². The highest BCUT2D eigenvalue weighted by Crippen LogP contribution is 2.32. The molecule has 0 amide bonds. The zero-order valence-electron chi connectivity index (χ0n) is 23.1. The van der Waals surface area contributed by atoms with Gasteiger partial charge in [-0.25, -0.2) is 9.48 Å². The second-order valence-corrected chi connectivity index (χ2v) is 9.64. The molecule has 2 heterocycles. The fourth-order valence-electron chi connectivity index (χ4n) is 5.03. The van der Waals surface area contributed by atoms with Gasteiger partial charge in [-0.3, -0.25) is 4.57 Å².